The molecule has 11 aromatic carbocycles. The summed E-state index contributed by atoms with van der Waals surface area (Å²) in [7, 11) is 0. The lowest BCUT2D eigenvalue weighted by Crippen LogP contribution is -1.97. The Morgan fingerprint density at radius 3 is 1.00 bits per heavy atom. The minimum Gasteiger partial charge on any atom is -0.228 e. The topological polar surface area (TPSA) is 51.6 Å². The number of fused-ring (bicyclic) bond motifs is 8. The Kier molecular flexibility index (Phi) is 8.81. The van der Waals surface area contributed by atoms with Gasteiger partial charge in [0.2, 0.25) is 0 Å². The van der Waals surface area contributed by atoms with E-state index in [4.69, 9.17) is 19.9 Å². The summed E-state index contributed by atoms with van der Waals surface area (Å²) in [4.78, 5) is 21.1. The highest BCUT2D eigenvalue weighted by Gasteiger charge is 2.18. The molecular formula is C62H38N4. The second-order valence-corrected chi connectivity index (χ2v) is 17.0. The fourth-order valence-electron chi connectivity index (χ4n) is 9.90. The number of hydrogen-bond acceptors (Lipinski definition) is 4. The zero-order valence-electron chi connectivity index (χ0n) is 35.7. The van der Waals surface area contributed by atoms with Crippen molar-refractivity contribution in [2.24, 2.45) is 0 Å². The van der Waals surface area contributed by atoms with Crippen LogP contribution in [0.2, 0.25) is 0 Å². The third-order valence-electron chi connectivity index (χ3n) is 13.0. The van der Waals surface area contributed by atoms with Crippen molar-refractivity contribution in [3.8, 4) is 67.5 Å². The van der Waals surface area contributed by atoms with E-state index in [9.17, 15) is 0 Å². The number of nitrogens with zero attached hydrogens (tertiary/aromatic N) is 4. The molecule has 2 heterocycles. The fourth-order valence-corrected chi connectivity index (χ4v) is 9.90. The van der Waals surface area contributed by atoms with Crippen LogP contribution in [-0.2, 0) is 0 Å². The van der Waals surface area contributed by atoms with Crippen molar-refractivity contribution in [1.82, 2.24) is 19.9 Å². The molecule has 0 bridgehead atoms. The van der Waals surface area contributed by atoms with Crippen molar-refractivity contribution in [1.29, 1.82) is 0 Å². The minimum absolute atomic E-state index is 0.642. The van der Waals surface area contributed by atoms with E-state index in [1.165, 1.54) is 54.2 Å². The second-order valence-electron chi connectivity index (χ2n) is 17.0. The number of hydrogen-bond donors (Lipinski definition) is 0. The Balaban J connectivity index is 0.921. The molecular weight excluding hydrogens is 801 g/mol. The van der Waals surface area contributed by atoms with Crippen LogP contribution in [0.1, 0.15) is 0 Å². The maximum Gasteiger partial charge on any atom is 0.160 e. The van der Waals surface area contributed by atoms with Crippen LogP contribution in [0.15, 0.2) is 231 Å². The van der Waals surface area contributed by atoms with Gasteiger partial charge in [-0.1, -0.05) is 188 Å². The smallest absolute Gasteiger partial charge is 0.160 e. The standard InChI is InChI=1S/C62H38N4/c1-3-24-47-41(16-1)37-55(51-28-7-5-26-49(47)51)39-18-13-20-43(34-39)59-53-30-9-11-32-57(53)63-61(65-59)45-22-15-23-46(36-45)62-64-58-33-12-10-31-54(58)60(66-62)44-21-14-19-40(35-44)56-38-42-17-2-4-25-48(42)50-27-6-8-29-52(50)56/h1-38H. The molecule has 0 aliphatic heterocycles. The Hall–Kier alpha value is -8.86. The maximum atomic E-state index is 5.37. The van der Waals surface area contributed by atoms with Crippen LogP contribution in [0.5, 0.6) is 0 Å². The van der Waals surface area contributed by atoms with Gasteiger partial charge >= 0.3 is 0 Å². The van der Waals surface area contributed by atoms with Gasteiger partial charge in [0.25, 0.3) is 0 Å². The van der Waals surface area contributed by atoms with Crippen molar-refractivity contribution in [2.75, 3.05) is 0 Å². The molecule has 0 unspecified atom stereocenters. The predicted molar refractivity (Wildman–Crippen MR) is 275 cm³/mol. The van der Waals surface area contributed by atoms with E-state index in [0.717, 1.165) is 66.6 Å². The Morgan fingerprint density at radius 1 is 0.212 bits per heavy atom. The SMILES string of the molecule is c1cc(-c2nc(-c3cccc(-c4cc5ccccc5c5ccccc45)c3)c3ccccc3n2)cc(-c2nc(-c3cccc(-c4cc5ccccc5c5ccccc45)c3)c3ccccc3n2)c1. The van der Waals surface area contributed by atoms with Gasteiger partial charge < -0.3 is 0 Å². The van der Waals surface area contributed by atoms with Crippen LogP contribution in [0.3, 0.4) is 0 Å². The highest BCUT2D eigenvalue weighted by molar-refractivity contribution is 6.15. The van der Waals surface area contributed by atoms with Crippen LogP contribution < -0.4 is 0 Å². The fraction of sp³-hybridized carbons (Fsp3) is 0. The van der Waals surface area contributed by atoms with Gasteiger partial charge in [0.1, 0.15) is 0 Å². The molecule has 0 spiro atoms. The van der Waals surface area contributed by atoms with Crippen LogP contribution in [0.4, 0.5) is 0 Å². The summed E-state index contributed by atoms with van der Waals surface area (Å²) in [6.07, 6.45) is 0. The molecule has 0 aliphatic rings. The molecule has 0 amide bonds. The quantitative estimate of drug-likeness (QED) is 0.157. The lowest BCUT2D eigenvalue weighted by atomic mass is 9.92. The predicted octanol–water partition coefficient (Wildman–Crippen LogP) is 16.2. The first kappa shape index (κ1) is 37.7. The number of benzene rings is 11. The van der Waals surface area contributed by atoms with Crippen LogP contribution >= 0.6 is 0 Å². The lowest BCUT2D eigenvalue weighted by molar-refractivity contribution is 1.21. The van der Waals surface area contributed by atoms with Gasteiger partial charge in [0.15, 0.2) is 11.6 Å². The third-order valence-corrected chi connectivity index (χ3v) is 13.0. The maximum absolute atomic E-state index is 5.37. The molecule has 0 radical (unpaired) electrons. The molecule has 0 fully saturated rings. The molecule has 13 rings (SSSR count). The largest absolute Gasteiger partial charge is 0.228 e. The lowest BCUT2D eigenvalue weighted by Gasteiger charge is -2.14. The van der Waals surface area contributed by atoms with Crippen LogP contribution in [-0.4, -0.2) is 19.9 Å². The Bertz CT molecular complexity index is 3820. The second kappa shape index (κ2) is 15.4. The van der Waals surface area contributed by atoms with Crippen molar-refractivity contribution >= 4 is 64.9 Å². The normalized spacial score (nSPS) is 11.6. The van der Waals surface area contributed by atoms with Gasteiger partial charge in [-0.15, -0.1) is 0 Å². The molecule has 0 saturated heterocycles. The van der Waals surface area contributed by atoms with E-state index in [0.29, 0.717) is 11.6 Å². The average molecular weight is 839 g/mol. The minimum atomic E-state index is 0.642. The summed E-state index contributed by atoms with van der Waals surface area (Å²) >= 11 is 0. The third kappa shape index (κ3) is 6.38. The summed E-state index contributed by atoms with van der Waals surface area (Å²) in [5, 5.41) is 11.9. The molecule has 0 atom stereocenters. The summed E-state index contributed by atoms with van der Waals surface area (Å²) in [6.45, 7) is 0. The zero-order chi connectivity index (χ0) is 43.6. The van der Waals surface area contributed by atoms with Gasteiger partial charge in [-0.25, -0.2) is 19.9 Å². The Morgan fingerprint density at radius 2 is 0.545 bits per heavy atom. The highest BCUT2D eigenvalue weighted by atomic mass is 14.9. The summed E-state index contributed by atoms with van der Waals surface area (Å²) < 4.78 is 0. The van der Waals surface area contributed by atoms with Gasteiger partial charge in [0.05, 0.1) is 22.4 Å². The molecule has 4 nitrogen and oxygen atoms in total. The zero-order valence-corrected chi connectivity index (χ0v) is 35.7. The van der Waals surface area contributed by atoms with Gasteiger partial charge in [0, 0.05) is 33.0 Å². The summed E-state index contributed by atoms with van der Waals surface area (Å²) in [5.41, 5.74) is 12.0. The van der Waals surface area contributed by atoms with Gasteiger partial charge in [-0.3, -0.25) is 0 Å². The van der Waals surface area contributed by atoms with Gasteiger partial charge in [-0.2, -0.15) is 0 Å². The molecule has 306 valence electrons. The van der Waals surface area contributed by atoms with Crippen molar-refractivity contribution < 1.29 is 0 Å². The number of rotatable bonds is 6. The highest BCUT2D eigenvalue weighted by Crippen LogP contribution is 2.40. The van der Waals surface area contributed by atoms with Gasteiger partial charge in [-0.05, 0) is 108 Å². The van der Waals surface area contributed by atoms with E-state index in [-0.39, 0.29) is 0 Å². The van der Waals surface area contributed by atoms with Crippen molar-refractivity contribution in [3.63, 3.8) is 0 Å². The van der Waals surface area contributed by atoms with E-state index < -0.39 is 0 Å². The van der Waals surface area contributed by atoms with E-state index >= 15 is 0 Å². The van der Waals surface area contributed by atoms with Crippen molar-refractivity contribution in [3.05, 3.63) is 231 Å². The Labute approximate surface area is 381 Å². The molecule has 2 aromatic heterocycles. The molecule has 66 heavy (non-hydrogen) atoms. The molecule has 13 aromatic rings. The number of para-hydroxylation sites is 2. The van der Waals surface area contributed by atoms with Crippen LogP contribution in [0, 0.1) is 0 Å². The monoisotopic (exact) mass is 838 g/mol. The van der Waals surface area contributed by atoms with E-state index in [1.54, 1.807) is 0 Å². The first-order valence-electron chi connectivity index (χ1n) is 22.4. The van der Waals surface area contributed by atoms with E-state index in [2.05, 4.69) is 218 Å². The average Bonchev–Trinajstić information content (AvgIpc) is 3.40. The molecule has 0 aliphatic carbocycles. The van der Waals surface area contributed by atoms with Crippen LogP contribution in [0.25, 0.3) is 132 Å². The van der Waals surface area contributed by atoms with Crippen molar-refractivity contribution in [2.45, 2.75) is 0 Å². The summed E-state index contributed by atoms with van der Waals surface area (Å²) in [5.74, 6) is 1.28. The first-order valence-corrected chi connectivity index (χ1v) is 22.4. The van der Waals surface area contributed by atoms with E-state index in [1.807, 2.05) is 12.1 Å². The molecule has 0 saturated carbocycles. The first-order chi connectivity index (χ1) is 32.7. The summed E-state index contributed by atoms with van der Waals surface area (Å²) in [6, 6.07) is 81.7. The molecule has 4 heteroatoms. The number of aromatic nitrogens is 4. The molecule has 0 N–H and O–H groups in total.